The van der Waals surface area contributed by atoms with Crippen molar-refractivity contribution in [1.29, 1.82) is 5.26 Å². The molecule has 0 amide bonds. The van der Waals surface area contributed by atoms with Crippen LogP contribution in [0.3, 0.4) is 0 Å². The van der Waals surface area contributed by atoms with E-state index in [0.29, 0.717) is 24.2 Å². The van der Waals surface area contributed by atoms with E-state index in [1.54, 1.807) is 31.4 Å². The Bertz CT molecular complexity index is 406. The summed E-state index contributed by atoms with van der Waals surface area (Å²) in [6, 6.07) is 8.85. The van der Waals surface area contributed by atoms with Crippen LogP contribution in [-0.2, 0) is 9.53 Å². The largest absolute Gasteiger partial charge is 0.497 e. The molecule has 0 saturated heterocycles. The SMILES string of the molecule is CCCC(=O)O[C@H](C#N)c1ccc(OC)cc1. The van der Waals surface area contributed by atoms with Crippen molar-refractivity contribution in [2.24, 2.45) is 0 Å². The molecule has 0 fully saturated rings. The highest BCUT2D eigenvalue weighted by Crippen LogP contribution is 2.20. The summed E-state index contributed by atoms with van der Waals surface area (Å²) in [7, 11) is 1.57. The molecular weight excluding hydrogens is 218 g/mol. The molecule has 1 aromatic carbocycles. The van der Waals surface area contributed by atoms with Gasteiger partial charge in [0, 0.05) is 12.0 Å². The zero-order valence-electron chi connectivity index (χ0n) is 9.97. The maximum atomic E-state index is 11.3. The fraction of sp³-hybridized carbons (Fsp3) is 0.385. The molecular formula is C13H15NO3. The molecule has 0 aliphatic rings. The standard InChI is InChI=1S/C13H15NO3/c1-3-4-13(15)17-12(9-14)10-5-7-11(16-2)8-6-10/h5-8,12H,3-4H2,1-2H3/t12-/m1/s1. The van der Waals surface area contributed by atoms with Gasteiger partial charge in [-0.15, -0.1) is 0 Å². The molecule has 0 radical (unpaired) electrons. The number of hydrogen-bond donors (Lipinski definition) is 0. The Hall–Kier alpha value is -2.02. The van der Waals surface area contributed by atoms with Crippen LogP contribution in [0.4, 0.5) is 0 Å². The van der Waals surface area contributed by atoms with Crippen LogP contribution in [0.5, 0.6) is 5.75 Å². The quantitative estimate of drug-likeness (QED) is 0.733. The van der Waals surface area contributed by atoms with E-state index >= 15 is 0 Å². The summed E-state index contributed by atoms with van der Waals surface area (Å²) >= 11 is 0. The monoisotopic (exact) mass is 233 g/mol. The fourth-order valence-corrected chi connectivity index (χ4v) is 1.34. The minimum atomic E-state index is -0.847. The lowest BCUT2D eigenvalue weighted by Crippen LogP contribution is -2.09. The summed E-state index contributed by atoms with van der Waals surface area (Å²) in [5.74, 6) is 0.347. The van der Waals surface area contributed by atoms with Gasteiger partial charge in [-0.3, -0.25) is 4.79 Å². The molecule has 0 bridgehead atoms. The molecule has 4 nitrogen and oxygen atoms in total. The zero-order chi connectivity index (χ0) is 12.7. The average Bonchev–Trinajstić information content (AvgIpc) is 2.36. The number of rotatable bonds is 5. The smallest absolute Gasteiger partial charge is 0.307 e. The molecule has 4 heteroatoms. The number of carbonyl (C=O) groups excluding carboxylic acids is 1. The second-order valence-electron chi connectivity index (χ2n) is 3.52. The first kappa shape index (κ1) is 13.0. The highest BCUT2D eigenvalue weighted by molar-refractivity contribution is 5.69. The van der Waals surface area contributed by atoms with Crippen LogP contribution >= 0.6 is 0 Å². The van der Waals surface area contributed by atoms with Gasteiger partial charge in [0.1, 0.15) is 11.8 Å². The molecule has 0 spiro atoms. The Balaban J connectivity index is 2.73. The molecule has 1 atom stereocenters. The second-order valence-corrected chi connectivity index (χ2v) is 3.52. The Morgan fingerprint density at radius 1 is 1.41 bits per heavy atom. The van der Waals surface area contributed by atoms with E-state index in [1.165, 1.54) is 0 Å². The third-order valence-corrected chi connectivity index (χ3v) is 2.24. The number of carbonyl (C=O) groups is 1. The molecule has 90 valence electrons. The van der Waals surface area contributed by atoms with Crippen LogP contribution < -0.4 is 4.74 Å². The predicted octanol–water partition coefficient (Wildman–Crippen LogP) is 2.60. The summed E-state index contributed by atoms with van der Waals surface area (Å²) in [6.45, 7) is 1.88. The van der Waals surface area contributed by atoms with E-state index in [4.69, 9.17) is 14.7 Å². The predicted molar refractivity (Wildman–Crippen MR) is 62.3 cm³/mol. The van der Waals surface area contributed by atoms with E-state index in [-0.39, 0.29) is 5.97 Å². The number of nitrogens with zero attached hydrogens (tertiary/aromatic N) is 1. The van der Waals surface area contributed by atoms with Gasteiger partial charge >= 0.3 is 5.97 Å². The van der Waals surface area contributed by atoms with Gasteiger partial charge in [0.25, 0.3) is 0 Å². The van der Waals surface area contributed by atoms with Gasteiger partial charge in [0.2, 0.25) is 6.10 Å². The van der Waals surface area contributed by atoms with Crippen molar-refractivity contribution in [2.45, 2.75) is 25.9 Å². The van der Waals surface area contributed by atoms with E-state index < -0.39 is 6.10 Å². The van der Waals surface area contributed by atoms with Gasteiger partial charge in [-0.25, -0.2) is 0 Å². The maximum Gasteiger partial charge on any atom is 0.307 e. The molecule has 0 aromatic heterocycles. The van der Waals surface area contributed by atoms with Crippen LogP contribution in [0.25, 0.3) is 0 Å². The molecule has 0 unspecified atom stereocenters. The Morgan fingerprint density at radius 3 is 2.53 bits per heavy atom. The fourth-order valence-electron chi connectivity index (χ4n) is 1.34. The van der Waals surface area contributed by atoms with E-state index in [9.17, 15) is 4.79 Å². The van der Waals surface area contributed by atoms with Crippen molar-refractivity contribution in [3.63, 3.8) is 0 Å². The Labute approximate surface area is 101 Å². The number of nitriles is 1. The normalized spacial score (nSPS) is 11.4. The molecule has 0 saturated carbocycles. The zero-order valence-corrected chi connectivity index (χ0v) is 9.97. The number of esters is 1. The van der Waals surface area contributed by atoms with E-state index in [1.807, 2.05) is 13.0 Å². The molecule has 1 aromatic rings. The van der Waals surface area contributed by atoms with Gasteiger partial charge in [0.05, 0.1) is 7.11 Å². The Kier molecular flexibility index (Phi) is 5.02. The summed E-state index contributed by atoms with van der Waals surface area (Å²) in [4.78, 5) is 11.3. The first-order chi connectivity index (χ1) is 8.21. The lowest BCUT2D eigenvalue weighted by molar-refractivity contribution is -0.146. The van der Waals surface area contributed by atoms with Gasteiger partial charge in [-0.05, 0) is 18.6 Å². The van der Waals surface area contributed by atoms with Crippen molar-refractivity contribution < 1.29 is 14.3 Å². The minimum Gasteiger partial charge on any atom is -0.497 e. The third-order valence-electron chi connectivity index (χ3n) is 2.24. The van der Waals surface area contributed by atoms with E-state index in [0.717, 1.165) is 0 Å². The third kappa shape index (κ3) is 3.80. The molecule has 17 heavy (non-hydrogen) atoms. The lowest BCUT2D eigenvalue weighted by Gasteiger charge is -2.11. The number of ether oxygens (including phenoxy) is 2. The van der Waals surface area contributed by atoms with Crippen LogP contribution in [0.15, 0.2) is 24.3 Å². The molecule has 0 aliphatic heterocycles. The highest BCUT2D eigenvalue weighted by atomic mass is 16.5. The van der Waals surface area contributed by atoms with Crippen molar-refractivity contribution in [1.82, 2.24) is 0 Å². The van der Waals surface area contributed by atoms with Crippen molar-refractivity contribution >= 4 is 5.97 Å². The second kappa shape index (κ2) is 6.54. The molecule has 0 N–H and O–H groups in total. The first-order valence-corrected chi connectivity index (χ1v) is 5.44. The molecule has 0 heterocycles. The van der Waals surface area contributed by atoms with Crippen LogP contribution in [0.1, 0.15) is 31.4 Å². The molecule has 1 rings (SSSR count). The number of benzene rings is 1. The summed E-state index contributed by atoms with van der Waals surface area (Å²) in [5.41, 5.74) is 0.651. The van der Waals surface area contributed by atoms with Crippen molar-refractivity contribution in [3.05, 3.63) is 29.8 Å². The lowest BCUT2D eigenvalue weighted by atomic mass is 10.1. The first-order valence-electron chi connectivity index (χ1n) is 5.44. The number of hydrogen-bond acceptors (Lipinski definition) is 4. The van der Waals surface area contributed by atoms with Gasteiger partial charge in [0.15, 0.2) is 0 Å². The summed E-state index contributed by atoms with van der Waals surface area (Å²) in [5, 5.41) is 8.96. The summed E-state index contributed by atoms with van der Waals surface area (Å²) < 4.78 is 10.1. The number of methoxy groups -OCH3 is 1. The topological polar surface area (TPSA) is 59.3 Å². The van der Waals surface area contributed by atoms with Gasteiger partial charge < -0.3 is 9.47 Å². The maximum absolute atomic E-state index is 11.3. The summed E-state index contributed by atoms with van der Waals surface area (Å²) in [6.07, 6.45) is 0.188. The van der Waals surface area contributed by atoms with Gasteiger partial charge in [-0.1, -0.05) is 19.1 Å². The highest BCUT2D eigenvalue weighted by Gasteiger charge is 2.15. The van der Waals surface area contributed by atoms with Crippen LogP contribution in [-0.4, -0.2) is 13.1 Å². The average molecular weight is 233 g/mol. The minimum absolute atomic E-state index is 0.328. The molecule has 0 aliphatic carbocycles. The Morgan fingerprint density at radius 2 is 2.06 bits per heavy atom. The van der Waals surface area contributed by atoms with Crippen LogP contribution in [0, 0.1) is 11.3 Å². The van der Waals surface area contributed by atoms with E-state index in [2.05, 4.69) is 0 Å². The van der Waals surface area contributed by atoms with Crippen molar-refractivity contribution in [2.75, 3.05) is 7.11 Å². The van der Waals surface area contributed by atoms with Gasteiger partial charge in [-0.2, -0.15) is 5.26 Å². The van der Waals surface area contributed by atoms with Crippen molar-refractivity contribution in [3.8, 4) is 11.8 Å². The van der Waals surface area contributed by atoms with Crippen LogP contribution in [0.2, 0.25) is 0 Å².